The molecule has 0 unspecified atom stereocenters. The van der Waals surface area contributed by atoms with Crippen molar-refractivity contribution in [2.75, 3.05) is 27.6 Å². The molecule has 0 N–H and O–H groups in total. The number of Topliss-reactive ketones (excluding diaryl/α,β-unsaturated/α-hetero) is 1. The molecule has 0 saturated carbocycles. The number of ether oxygens (including phenoxy) is 5. The number of thioether (sulfide) groups is 1. The summed E-state index contributed by atoms with van der Waals surface area (Å²) < 4.78 is 28.0. The third kappa shape index (κ3) is 4.07. The Morgan fingerprint density at radius 1 is 0.889 bits per heavy atom. The fourth-order valence-corrected chi connectivity index (χ4v) is 4.94. The van der Waals surface area contributed by atoms with Gasteiger partial charge in [-0.25, -0.2) is 0 Å². The van der Waals surface area contributed by atoms with Crippen molar-refractivity contribution in [3.63, 3.8) is 0 Å². The predicted octanol–water partition coefficient (Wildman–Crippen LogP) is 5.49. The fraction of sp³-hybridized carbons (Fsp3) is 0.214. The van der Waals surface area contributed by atoms with E-state index in [1.807, 2.05) is 30.5 Å². The molecular formula is C28H24O7S. The summed E-state index contributed by atoms with van der Waals surface area (Å²) in [5, 5.41) is 0. The average Bonchev–Trinajstić information content (AvgIpc) is 3.22. The molecule has 0 bridgehead atoms. The lowest BCUT2D eigenvalue weighted by Gasteiger charge is -2.26. The molecule has 0 aromatic heterocycles. The number of carbonyl (C=O) groups excluding carboxylic acids is 2. The monoisotopic (exact) mass is 504 g/mol. The standard InChI is InChI=1S/C28H24O7S/c1-31-21-14-23(33-3)22(32-2)11-16(21)12-24-27(30)18-9-10-20-26(28(18)35-24)19(13-25(29)34-20)15-5-7-17(36-4)8-6-15/h5-12,14,19H,13H2,1-4H3/b24-12+/t19-/m0/s1. The third-order valence-electron chi connectivity index (χ3n) is 6.32. The van der Waals surface area contributed by atoms with Crippen LogP contribution in [0.25, 0.3) is 6.08 Å². The Labute approximate surface area is 213 Å². The van der Waals surface area contributed by atoms with Crippen molar-refractivity contribution in [2.24, 2.45) is 0 Å². The second-order valence-corrected chi connectivity index (χ2v) is 9.13. The normalized spacial score (nSPS) is 17.2. The van der Waals surface area contributed by atoms with Gasteiger partial charge in [0.1, 0.15) is 17.2 Å². The van der Waals surface area contributed by atoms with Gasteiger partial charge in [0.25, 0.3) is 0 Å². The zero-order valence-electron chi connectivity index (χ0n) is 20.2. The van der Waals surface area contributed by atoms with E-state index >= 15 is 0 Å². The van der Waals surface area contributed by atoms with Crippen LogP contribution in [-0.2, 0) is 4.79 Å². The van der Waals surface area contributed by atoms with E-state index in [2.05, 4.69) is 0 Å². The van der Waals surface area contributed by atoms with Gasteiger partial charge in [0, 0.05) is 28.0 Å². The topological polar surface area (TPSA) is 80.3 Å². The molecule has 3 aromatic rings. The van der Waals surface area contributed by atoms with E-state index in [0.29, 0.717) is 45.4 Å². The van der Waals surface area contributed by atoms with E-state index in [1.165, 1.54) is 21.3 Å². The van der Waals surface area contributed by atoms with Crippen molar-refractivity contribution in [3.8, 4) is 28.7 Å². The summed E-state index contributed by atoms with van der Waals surface area (Å²) in [4.78, 5) is 26.9. The van der Waals surface area contributed by atoms with Crippen LogP contribution in [0.5, 0.6) is 28.7 Å². The number of hydrogen-bond donors (Lipinski definition) is 0. The van der Waals surface area contributed by atoms with Crippen LogP contribution in [0.4, 0.5) is 0 Å². The van der Waals surface area contributed by atoms with E-state index in [1.54, 1.807) is 42.1 Å². The molecule has 184 valence electrons. The predicted molar refractivity (Wildman–Crippen MR) is 136 cm³/mol. The molecule has 0 radical (unpaired) electrons. The highest BCUT2D eigenvalue weighted by atomic mass is 32.2. The van der Waals surface area contributed by atoms with Gasteiger partial charge < -0.3 is 23.7 Å². The van der Waals surface area contributed by atoms with Gasteiger partial charge in [-0.15, -0.1) is 11.8 Å². The van der Waals surface area contributed by atoms with Crippen LogP contribution >= 0.6 is 11.8 Å². The first-order valence-electron chi connectivity index (χ1n) is 11.2. The second-order valence-electron chi connectivity index (χ2n) is 8.25. The summed E-state index contributed by atoms with van der Waals surface area (Å²) in [6.07, 6.45) is 3.78. The van der Waals surface area contributed by atoms with E-state index in [9.17, 15) is 9.59 Å². The van der Waals surface area contributed by atoms with Crippen LogP contribution in [0.15, 0.2) is 59.2 Å². The lowest BCUT2D eigenvalue weighted by molar-refractivity contribution is -0.135. The summed E-state index contributed by atoms with van der Waals surface area (Å²) in [7, 11) is 4.61. The van der Waals surface area contributed by atoms with Crippen LogP contribution in [0.2, 0.25) is 0 Å². The Hall–Kier alpha value is -3.91. The van der Waals surface area contributed by atoms with Crippen molar-refractivity contribution < 1.29 is 33.3 Å². The quantitative estimate of drug-likeness (QED) is 0.189. The molecule has 1 atom stereocenters. The highest BCUT2D eigenvalue weighted by Gasteiger charge is 2.38. The summed E-state index contributed by atoms with van der Waals surface area (Å²) in [6, 6.07) is 14.7. The summed E-state index contributed by atoms with van der Waals surface area (Å²) in [5.41, 5.74) is 2.66. The molecule has 0 saturated heterocycles. The van der Waals surface area contributed by atoms with Gasteiger partial charge >= 0.3 is 5.97 Å². The highest BCUT2D eigenvalue weighted by molar-refractivity contribution is 7.98. The van der Waals surface area contributed by atoms with Crippen molar-refractivity contribution in [1.29, 1.82) is 0 Å². The number of carbonyl (C=O) groups is 2. The number of methoxy groups -OCH3 is 3. The van der Waals surface area contributed by atoms with E-state index in [0.717, 1.165) is 10.5 Å². The first kappa shape index (κ1) is 23.8. The number of fused-ring (bicyclic) bond motifs is 3. The summed E-state index contributed by atoms with van der Waals surface area (Å²) in [6.45, 7) is 0. The molecule has 36 heavy (non-hydrogen) atoms. The zero-order valence-corrected chi connectivity index (χ0v) is 21.1. The molecule has 0 fully saturated rings. The SMILES string of the molecule is COc1cc(OC)c(OC)cc1/C=C1/Oc2c(ccc3c2[C@H](c2ccc(SC)cc2)CC(=O)O3)C1=O. The highest BCUT2D eigenvalue weighted by Crippen LogP contribution is 2.49. The van der Waals surface area contributed by atoms with E-state index in [-0.39, 0.29) is 29.9 Å². The molecule has 3 aromatic carbocycles. The number of ketones is 1. The zero-order chi connectivity index (χ0) is 25.4. The van der Waals surface area contributed by atoms with Crippen molar-refractivity contribution in [3.05, 3.63) is 76.5 Å². The Kier molecular flexibility index (Phi) is 6.36. The molecule has 2 aliphatic rings. The smallest absolute Gasteiger partial charge is 0.312 e. The minimum absolute atomic E-state index is 0.136. The Morgan fingerprint density at radius 2 is 1.58 bits per heavy atom. The largest absolute Gasteiger partial charge is 0.496 e. The lowest BCUT2D eigenvalue weighted by Crippen LogP contribution is -2.21. The Balaban J connectivity index is 1.59. The molecule has 5 rings (SSSR count). The number of rotatable bonds is 6. The van der Waals surface area contributed by atoms with Gasteiger partial charge in [-0.1, -0.05) is 12.1 Å². The van der Waals surface area contributed by atoms with Crippen molar-refractivity contribution in [1.82, 2.24) is 0 Å². The van der Waals surface area contributed by atoms with Gasteiger partial charge in [-0.3, -0.25) is 9.59 Å². The second kappa shape index (κ2) is 9.62. The minimum Gasteiger partial charge on any atom is -0.496 e. The van der Waals surface area contributed by atoms with Crippen LogP contribution in [-0.4, -0.2) is 39.3 Å². The average molecular weight is 505 g/mol. The maximum Gasteiger partial charge on any atom is 0.312 e. The van der Waals surface area contributed by atoms with Crippen molar-refractivity contribution >= 4 is 29.6 Å². The van der Waals surface area contributed by atoms with Crippen molar-refractivity contribution in [2.45, 2.75) is 17.2 Å². The summed E-state index contributed by atoms with van der Waals surface area (Å²) in [5.74, 6) is 1.56. The number of hydrogen-bond acceptors (Lipinski definition) is 8. The maximum absolute atomic E-state index is 13.4. The first-order valence-corrected chi connectivity index (χ1v) is 12.5. The van der Waals surface area contributed by atoms with Crippen LogP contribution in [0.3, 0.4) is 0 Å². The van der Waals surface area contributed by atoms with Gasteiger partial charge in [-0.05, 0) is 48.2 Å². The molecule has 0 aliphatic carbocycles. The number of esters is 1. The number of benzene rings is 3. The minimum atomic E-state index is -0.323. The lowest BCUT2D eigenvalue weighted by atomic mass is 9.85. The molecule has 7 nitrogen and oxygen atoms in total. The molecule has 2 heterocycles. The Morgan fingerprint density at radius 3 is 2.25 bits per heavy atom. The van der Waals surface area contributed by atoms with Crippen LogP contribution < -0.4 is 23.7 Å². The molecule has 2 aliphatic heterocycles. The van der Waals surface area contributed by atoms with Crippen LogP contribution in [0.1, 0.15) is 39.4 Å². The molecule has 0 spiro atoms. The molecular weight excluding hydrogens is 480 g/mol. The number of allylic oxidation sites excluding steroid dienone is 1. The van der Waals surface area contributed by atoms with Gasteiger partial charge in [0.15, 0.2) is 17.3 Å². The molecule has 8 heteroatoms. The van der Waals surface area contributed by atoms with E-state index in [4.69, 9.17) is 23.7 Å². The first-order chi connectivity index (χ1) is 17.5. The van der Waals surface area contributed by atoms with Gasteiger partial charge in [0.05, 0.1) is 33.3 Å². The summed E-state index contributed by atoms with van der Waals surface area (Å²) >= 11 is 1.64. The van der Waals surface area contributed by atoms with Gasteiger partial charge in [-0.2, -0.15) is 0 Å². The molecule has 0 amide bonds. The Bertz CT molecular complexity index is 1390. The van der Waals surface area contributed by atoms with Gasteiger partial charge in [0.2, 0.25) is 5.78 Å². The third-order valence-corrected chi connectivity index (χ3v) is 7.06. The van der Waals surface area contributed by atoms with E-state index < -0.39 is 0 Å². The fourth-order valence-electron chi connectivity index (χ4n) is 4.53. The maximum atomic E-state index is 13.4. The van der Waals surface area contributed by atoms with Crippen LogP contribution in [0, 0.1) is 0 Å².